The van der Waals surface area contributed by atoms with Crippen molar-refractivity contribution in [3.05, 3.63) is 30.1 Å². The van der Waals surface area contributed by atoms with Crippen molar-refractivity contribution in [1.82, 2.24) is 5.32 Å². The first-order chi connectivity index (χ1) is 10.7. The van der Waals surface area contributed by atoms with Gasteiger partial charge in [0.05, 0.1) is 10.1 Å². The van der Waals surface area contributed by atoms with E-state index in [0.717, 1.165) is 18.6 Å². The Morgan fingerprint density at radius 1 is 1.21 bits per heavy atom. The lowest BCUT2D eigenvalue weighted by Crippen LogP contribution is -2.42. The number of carbonyl (C=O) groups is 1. The maximum absolute atomic E-state index is 12.9. The topological polar surface area (TPSA) is 89.3 Å². The average Bonchev–Trinajstić information content (AvgIpc) is 2.46. The molecule has 3 N–H and O–H groups in total. The monoisotopic (exact) mass is 380 g/mol. The lowest BCUT2D eigenvalue weighted by molar-refractivity contribution is -0.121. The molecule has 1 aromatic rings. The van der Waals surface area contributed by atoms with Crippen LogP contribution in [0.4, 0.5) is 4.39 Å². The van der Waals surface area contributed by atoms with E-state index in [1.807, 2.05) is 13.8 Å². The highest BCUT2D eigenvalue weighted by atomic mass is 35.5. The Labute approximate surface area is 149 Å². The van der Waals surface area contributed by atoms with Crippen molar-refractivity contribution in [2.24, 2.45) is 11.7 Å². The molecule has 1 rings (SSSR count). The molecule has 24 heavy (non-hydrogen) atoms. The zero-order valence-corrected chi connectivity index (χ0v) is 15.8. The van der Waals surface area contributed by atoms with Gasteiger partial charge in [0.1, 0.15) is 5.82 Å². The van der Waals surface area contributed by atoms with E-state index in [1.54, 1.807) is 0 Å². The molecule has 1 amide bonds. The first kappa shape index (κ1) is 22.8. The highest BCUT2D eigenvalue weighted by Crippen LogP contribution is 2.18. The minimum absolute atomic E-state index is 0. The molecule has 2 unspecified atom stereocenters. The summed E-state index contributed by atoms with van der Waals surface area (Å²) in [6, 6.07) is 4.43. The number of amides is 1. The number of sulfone groups is 1. The SMILES string of the molecule is CC(C)CC(CN)NC(=O)CC(C)S(=O)(=O)c1ccc(F)cc1.Cl. The molecule has 0 fully saturated rings. The molecule has 1 aromatic carbocycles. The van der Waals surface area contributed by atoms with Gasteiger partial charge in [0, 0.05) is 19.0 Å². The molecule has 0 aliphatic carbocycles. The molecule has 0 heterocycles. The highest BCUT2D eigenvalue weighted by molar-refractivity contribution is 7.92. The molecule has 5 nitrogen and oxygen atoms in total. The van der Waals surface area contributed by atoms with Gasteiger partial charge < -0.3 is 11.1 Å². The number of halogens is 2. The van der Waals surface area contributed by atoms with E-state index in [-0.39, 0.29) is 35.7 Å². The first-order valence-electron chi connectivity index (χ1n) is 7.65. The van der Waals surface area contributed by atoms with E-state index in [4.69, 9.17) is 5.73 Å². The summed E-state index contributed by atoms with van der Waals surface area (Å²) in [6.45, 7) is 5.83. The zero-order valence-electron chi connectivity index (χ0n) is 14.2. The molecule has 0 aromatic heterocycles. The molecule has 0 spiro atoms. The van der Waals surface area contributed by atoms with E-state index in [0.29, 0.717) is 12.5 Å². The number of carbonyl (C=O) groups excluding carboxylic acids is 1. The number of rotatable bonds is 8. The maximum atomic E-state index is 12.9. The van der Waals surface area contributed by atoms with E-state index in [2.05, 4.69) is 5.32 Å². The summed E-state index contributed by atoms with van der Waals surface area (Å²) in [4.78, 5) is 12.1. The largest absolute Gasteiger partial charge is 0.352 e. The standard InChI is InChI=1S/C16H25FN2O3S.ClH/c1-11(2)8-14(10-18)19-16(20)9-12(3)23(21,22)15-6-4-13(17)5-7-15;/h4-7,11-12,14H,8-10,18H2,1-3H3,(H,19,20);1H. The Morgan fingerprint density at radius 3 is 2.21 bits per heavy atom. The second-order valence-electron chi connectivity index (χ2n) is 6.14. The quantitative estimate of drug-likeness (QED) is 0.677. The lowest BCUT2D eigenvalue weighted by atomic mass is 10.0. The second-order valence-corrected chi connectivity index (χ2v) is 8.51. The highest BCUT2D eigenvalue weighted by Gasteiger charge is 2.26. The normalized spacial score (nSPS) is 13.9. The van der Waals surface area contributed by atoms with Gasteiger partial charge in [-0.25, -0.2) is 12.8 Å². The molecule has 0 saturated carbocycles. The summed E-state index contributed by atoms with van der Waals surface area (Å²) < 4.78 is 37.7. The molecule has 2 atom stereocenters. The third kappa shape index (κ3) is 6.75. The van der Waals surface area contributed by atoms with Gasteiger partial charge in [-0.15, -0.1) is 12.4 Å². The van der Waals surface area contributed by atoms with Crippen LogP contribution < -0.4 is 11.1 Å². The van der Waals surface area contributed by atoms with Crippen molar-refractivity contribution in [3.63, 3.8) is 0 Å². The van der Waals surface area contributed by atoms with Crippen LogP contribution in [0.5, 0.6) is 0 Å². The fourth-order valence-corrected chi connectivity index (χ4v) is 3.65. The molecular formula is C16H26ClFN2O3S. The van der Waals surface area contributed by atoms with Crippen molar-refractivity contribution in [1.29, 1.82) is 0 Å². The fourth-order valence-electron chi connectivity index (χ4n) is 2.30. The van der Waals surface area contributed by atoms with Crippen LogP contribution in [-0.2, 0) is 14.6 Å². The number of benzene rings is 1. The minimum Gasteiger partial charge on any atom is -0.352 e. The van der Waals surface area contributed by atoms with Gasteiger partial charge in [0.15, 0.2) is 9.84 Å². The van der Waals surface area contributed by atoms with E-state index in [1.165, 1.54) is 19.1 Å². The van der Waals surface area contributed by atoms with E-state index >= 15 is 0 Å². The number of nitrogens with one attached hydrogen (secondary N) is 1. The van der Waals surface area contributed by atoms with Crippen LogP contribution in [0, 0.1) is 11.7 Å². The summed E-state index contributed by atoms with van der Waals surface area (Å²) in [5, 5.41) is 1.88. The number of hydrogen-bond acceptors (Lipinski definition) is 4. The Kier molecular flexibility index (Phi) is 9.47. The van der Waals surface area contributed by atoms with E-state index < -0.39 is 20.9 Å². The molecule has 0 saturated heterocycles. The average molecular weight is 381 g/mol. The zero-order chi connectivity index (χ0) is 17.6. The van der Waals surface area contributed by atoms with Crippen molar-refractivity contribution in [2.75, 3.05) is 6.54 Å². The Bertz CT molecular complexity index is 621. The molecule has 8 heteroatoms. The summed E-state index contributed by atoms with van der Waals surface area (Å²) in [5.41, 5.74) is 5.62. The second kappa shape index (κ2) is 9.96. The molecule has 0 bridgehead atoms. The molecular weight excluding hydrogens is 355 g/mol. The number of hydrogen-bond donors (Lipinski definition) is 2. The van der Waals surface area contributed by atoms with Crippen molar-refractivity contribution < 1.29 is 17.6 Å². The smallest absolute Gasteiger partial charge is 0.221 e. The predicted molar refractivity (Wildman–Crippen MR) is 95.4 cm³/mol. The molecule has 138 valence electrons. The van der Waals surface area contributed by atoms with Crippen molar-refractivity contribution >= 4 is 28.2 Å². The Hall–Kier alpha value is -1.18. The van der Waals surface area contributed by atoms with Gasteiger partial charge in [0.2, 0.25) is 5.91 Å². The van der Waals surface area contributed by atoms with Gasteiger partial charge >= 0.3 is 0 Å². The van der Waals surface area contributed by atoms with E-state index in [9.17, 15) is 17.6 Å². The predicted octanol–water partition coefficient (Wildman–Crippen LogP) is 2.29. The van der Waals surface area contributed by atoms with Crippen LogP contribution in [0.15, 0.2) is 29.2 Å². The van der Waals surface area contributed by atoms with Crippen LogP contribution in [0.25, 0.3) is 0 Å². The Morgan fingerprint density at radius 2 is 1.75 bits per heavy atom. The van der Waals surface area contributed by atoms with Crippen LogP contribution in [0.1, 0.15) is 33.6 Å². The Balaban J connectivity index is 0.00000529. The fraction of sp³-hybridized carbons (Fsp3) is 0.562. The summed E-state index contributed by atoms with van der Waals surface area (Å²) in [6.07, 6.45) is 0.579. The van der Waals surface area contributed by atoms with Gasteiger partial charge in [-0.05, 0) is 43.5 Å². The lowest BCUT2D eigenvalue weighted by Gasteiger charge is -2.20. The summed E-state index contributed by atoms with van der Waals surface area (Å²) in [5.74, 6) is -0.475. The number of nitrogens with two attached hydrogens (primary N) is 1. The van der Waals surface area contributed by atoms with Crippen LogP contribution in [0.2, 0.25) is 0 Å². The molecule has 0 aliphatic rings. The summed E-state index contributed by atoms with van der Waals surface area (Å²) >= 11 is 0. The van der Waals surface area contributed by atoms with Crippen molar-refractivity contribution in [3.8, 4) is 0 Å². The molecule has 0 radical (unpaired) electrons. The molecule has 0 aliphatic heterocycles. The van der Waals surface area contributed by atoms with Crippen LogP contribution >= 0.6 is 12.4 Å². The van der Waals surface area contributed by atoms with Crippen LogP contribution in [0.3, 0.4) is 0 Å². The van der Waals surface area contributed by atoms with Crippen molar-refractivity contribution in [2.45, 2.75) is 49.8 Å². The van der Waals surface area contributed by atoms with Crippen LogP contribution in [-0.4, -0.2) is 32.2 Å². The van der Waals surface area contributed by atoms with Gasteiger partial charge in [0.25, 0.3) is 0 Å². The minimum atomic E-state index is -3.68. The van der Waals surface area contributed by atoms with Gasteiger partial charge in [-0.3, -0.25) is 4.79 Å². The summed E-state index contributed by atoms with van der Waals surface area (Å²) in [7, 11) is -3.68. The van der Waals surface area contributed by atoms with Gasteiger partial charge in [-0.1, -0.05) is 13.8 Å². The van der Waals surface area contributed by atoms with Gasteiger partial charge in [-0.2, -0.15) is 0 Å². The third-order valence-corrected chi connectivity index (χ3v) is 5.71. The third-order valence-electron chi connectivity index (χ3n) is 3.55. The first-order valence-corrected chi connectivity index (χ1v) is 9.20. The maximum Gasteiger partial charge on any atom is 0.221 e.